The number of nitrogens with zero attached hydrogens (tertiary/aromatic N) is 2. The largest absolute Gasteiger partial charge is 0.486 e. The van der Waals surface area contributed by atoms with Crippen molar-refractivity contribution >= 4 is 23.2 Å². The van der Waals surface area contributed by atoms with Gasteiger partial charge in [-0.05, 0) is 19.1 Å². The zero-order valence-electron chi connectivity index (χ0n) is 11.2. The molecule has 0 radical (unpaired) electrons. The summed E-state index contributed by atoms with van der Waals surface area (Å²) >= 11 is 6.13. The lowest BCUT2D eigenvalue weighted by atomic mass is 10.1. The molecule has 1 aromatic carbocycles. The first-order valence-electron chi connectivity index (χ1n) is 5.90. The van der Waals surface area contributed by atoms with E-state index in [1.165, 1.54) is 6.07 Å². The molecule has 1 heterocycles. The van der Waals surface area contributed by atoms with Crippen LogP contribution in [0.1, 0.15) is 21.7 Å². The molecular weight excluding hydrogens is 280 g/mol. The van der Waals surface area contributed by atoms with Gasteiger partial charge >= 0.3 is 0 Å². The molecule has 4 N–H and O–H groups in total. The molecule has 0 aliphatic rings. The molecule has 0 fully saturated rings. The Kier molecular flexibility index (Phi) is 3.85. The second-order valence-corrected chi connectivity index (χ2v) is 4.76. The number of aromatic nitrogens is 2. The zero-order chi connectivity index (χ0) is 14.9. The molecule has 20 heavy (non-hydrogen) atoms. The van der Waals surface area contributed by atoms with E-state index in [1.54, 1.807) is 30.8 Å². The molecule has 2 rings (SSSR count). The number of primary amides is 1. The van der Waals surface area contributed by atoms with Gasteiger partial charge in [-0.2, -0.15) is 5.10 Å². The highest BCUT2D eigenvalue weighted by Crippen LogP contribution is 2.25. The number of anilines is 1. The monoisotopic (exact) mass is 294 g/mol. The second-order valence-electron chi connectivity index (χ2n) is 4.38. The van der Waals surface area contributed by atoms with Crippen LogP contribution >= 0.6 is 11.6 Å². The molecular formula is C13H15ClN4O2. The third kappa shape index (κ3) is 2.70. The van der Waals surface area contributed by atoms with E-state index in [-0.39, 0.29) is 12.2 Å². The molecule has 2 aromatic rings. The van der Waals surface area contributed by atoms with Gasteiger partial charge < -0.3 is 16.2 Å². The van der Waals surface area contributed by atoms with Crippen molar-refractivity contribution in [3.05, 3.63) is 40.2 Å². The highest BCUT2D eigenvalue weighted by Gasteiger charge is 2.14. The quantitative estimate of drug-likeness (QED) is 0.838. The first-order chi connectivity index (χ1) is 9.40. The maximum absolute atomic E-state index is 11.3. The van der Waals surface area contributed by atoms with Crippen LogP contribution in [0.15, 0.2) is 18.2 Å². The number of ether oxygens (including phenoxy) is 1. The topological polar surface area (TPSA) is 96.2 Å². The summed E-state index contributed by atoms with van der Waals surface area (Å²) in [5.74, 6) is -0.250. The molecule has 0 aliphatic heterocycles. The minimum absolute atomic E-state index is 0.167. The normalized spacial score (nSPS) is 10.6. The first kappa shape index (κ1) is 14.2. The molecule has 106 valence electrons. The van der Waals surface area contributed by atoms with Crippen LogP contribution in [0.2, 0.25) is 5.02 Å². The number of halogens is 1. The van der Waals surface area contributed by atoms with Gasteiger partial charge in [0.05, 0.1) is 22.0 Å². The Morgan fingerprint density at radius 3 is 2.75 bits per heavy atom. The number of amides is 1. The SMILES string of the molecule is Cc1nn(C)c(COc2cc(N)ccc2C(N)=O)c1Cl. The molecule has 0 spiro atoms. The highest BCUT2D eigenvalue weighted by molar-refractivity contribution is 6.31. The fourth-order valence-electron chi connectivity index (χ4n) is 1.84. The molecule has 7 heteroatoms. The fraction of sp³-hybridized carbons (Fsp3) is 0.231. The molecule has 0 unspecified atom stereocenters. The maximum Gasteiger partial charge on any atom is 0.252 e. The van der Waals surface area contributed by atoms with Crippen molar-refractivity contribution in [1.29, 1.82) is 0 Å². The number of benzene rings is 1. The number of rotatable bonds is 4. The smallest absolute Gasteiger partial charge is 0.252 e. The number of carbonyl (C=O) groups is 1. The van der Waals surface area contributed by atoms with Crippen LogP contribution in [-0.4, -0.2) is 15.7 Å². The molecule has 0 saturated carbocycles. The van der Waals surface area contributed by atoms with E-state index < -0.39 is 5.91 Å². The van der Waals surface area contributed by atoms with Gasteiger partial charge in [-0.1, -0.05) is 11.6 Å². The summed E-state index contributed by atoms with van der Waals surface area (Å²) in [5.41, 5.74) is 13.2. The summed E-state index contributed by atoms with van der Waals surface area (Å²) in [6.45, 7) is 1.97. The molecule has 1 amide bonds. The van der Waals surface area contributed by atoms with Gasteiger partial charge in [0.15, 0.2) is 0 Å². The van der Waals surface area contributed by atoms with Crippen LogP contribution in [-0.2, 0) is 13.7 Å². The lowest BCUT2D eigenvalue weighted by molar-refractivity contribution is 0.0996. The summed E-state index contributed by atoms with van der Waals surface area (Å²) in [7, 11) is 1.77. The van der Waals surface area contributed by atoms with Crippen molar-refractivity contribution in [2.45, 2.75) is 13.5 Å². The Hall–Kier alpha value is -2.21. The Morgan fingerprint density at radius 1 is 1.50 bits per heavy atom. The summed E-state index contributed by atoms with van der Waals surface area (Å²) < 4.78 is 7.25. The van der Waals surface area contributed by atoms with Crippen molar-refractivity contribution in [3.63, 3.8) is 0 Å². The van der Waals surface area contributed by atoms with E-state index in [9.17, 15) is 4.79 Å². The predicted octanol–water partition coefficient (Wildman–Crippen LogP) is 1.64. The minimum atomic E-state index is -0.577. The second kappa shape index (κ2) is 5.42. The number of carbonyl (C=O) groups excluding carboxylic acids is 1. The Bertz CT molecular complexity index is 667. The van der Waals surface area contributed by atoms with E-state index in [2.05, 4.69) is 5.10 Å². The van der Waals surface area contributed by atoms with Crippen molar-refractivity contribution in [2.75, 3.05) is 5.73 Å². The lowest BCUT2D eigenvalue weighted by Crippen LogP contribution is -2.14. The van der Waals surface area contributed by atoms with Gasteiger partial charge in [-0.25, -0.2) is 0 Å². The van der Waals surface area contributed by atoms with E-state index in [0.717, 1.165) is 5.69 Å². The first-order valence-corrected chi connectivity index (χ1v) is 6.28. The Labute approximate surface area is 121 Å². The Balaban J connectivity index is 2.27. The van der Waals surface area contributed by atoms with Crippen molar-refractivity contribution in [1.82, 2.24) is 9.78 Å². The van der Waals surface area contributed by atoms with Crippen LogP contribution in [0, 0.1) is 6.92 Å². The van der Waals surface area contributed by atoms with Gasteiger partial charge in [-0.15, -0.1) is 0 Å². The summed E-state index contributed by atoms with van der Waals surface area (Å²) in [5, 5.41) is 4.73. The predicted molar refractivity (Wildman–Crippen MR) is 76.7 cm³/mol. The summed E-state index contributed by atoms with van der Waals surface area (Å²) in [4.78, 5) is 11.3. The molecule has 0 saturated heterocycles. The summed E-state index contributed by atoms with van der Waals surface area (Å²) in [6, 6.07) is 4.68. The third-order valence-electron chi connectivity index (χ3n) is 2.90. The number of nitrogen functional groups attached to an aromatic ring is 1. The van der Waals surface area contributed by atoms with Crippen LogP contribution < -0.4 is 16.2 Å². The zero-order valence-corrected chi connectivity index (χ0v) is 11.9. The number of hydrogen-bond donors (Lipinski definition) is 2. The molecule has 1 aromatic heterocycles. The minimum Gasteiger partial charge on any atom is -0.486 e. The Morgan fingerprint density at radius 2 is 2.20 bits per heavy atom. The molecule has 0 bridgehead atoms. The van der Waals surface area contributed by atoms with Gasteiger partial charge in [-0.3, -0.25) is 9.48 Å². The van der Waals surface area contributed by atoms with E-state index in [4.69, 9.17) is 27.8 Å². The van der Waals surface area contributed by atoms with E-state index in [1.807, 2.05) is 0 Å². The molecule has 6 nitrogen and oxygen atoms in total. The molecule has 0 atom stereocenters. The van der Waals surface area contributed by atoms with Gasteiger partial charge in [0, 0.05) is 18.8 Å². The van der Waals surface area contributed by atoms with Gasteiger partial charge in [0.2, 0.25) is 0 Å². The van der Waals surface area contributed by atoms with Crippen molar-refractivity contribution < 1.29 is 9.53 Å². The van der Waals surface area contributed by atoms with E-state index >= 15 is 0 Å². The highest BCUT2D eigenvalue weighted by atomic mass is 35.5. The van der Waals surface area contributed by atoms with Crippen LogP contribution in [0.3, 0.4) is 0 Å². The third-order valence-corrected chi connectivity index (χ3v) is 3.39. The average molecular weight is 295 g/mol. The maximum atomic E-state index is 11.3. The lowest BCUT2D eigenvalue weighted by Gasteiger charge is -2.11. The van der Waals surface area contributed by atoms with Gasteiger partial charge in [0.1, 0.15) is 12.4 Å². The van der Waals surface area contributed by atoms with Crippen LogP contribution in [0.5, 0.6) is 5.75 Å². The number of hydrogen-bond acceptors (Lipinski definition) is 4. The standard InChI is InChI=1S/C13H15ClN4O2/c1-7-12(14)10(18(2)17-7)6-20-11-5-8(15)3-4-9(11)13(16)19/h3-5H,6,15H2,1-2H3,(H2,16,19). The van der Waals surface area contributed by atoms with Gasteiger partial charge in [0.25, 0.3) is 5.91 Å². The summed E-state index contributed by atoms with van der Waals surface area (Å²) in [6.07, 6.45) is 0. The number of nitrogens with two attached hydrogens (primary N) is 2. The van der Waals surface area contributed by atoms with Crippen LogP contribution in [0.4, 0.5) is 5.69 Å². The van der Waals surface area contributed by atoms with Crippen molar-refractivity contribution in [2.24, 2.45) is 12.8 Å². The average Bonchev–Trinajstić information content (AvgIpc) is 2.61. The number of aryl methyl sites for hydroxylation is 2. The molecule has 0 aliphatic carbocycles. The van der Waals surface area contributed by atoms with Crippen molar-refractivity contribution in [3.8, 4) is 5.75 Å². The fourth-order valence-corrected chi connectivity index (χ4v) is 2.06. The van der Waals surface area contributed by atoms with E-state index in [0.29, 0.717) is 22.2 Å². The van der Waals surface area contributed by atoms with Crippen LogP contribution in [0.25, 0.3) is 0 Å².